The van der Waals surface area contributed by atoms with E-state index in [-0.39, 0.29) is 29.5 Å². The van der Waals surface area contributed by atoms with E-state index < -0.39 is 0 Å². The number of carbonyl (C=O) groups excluding carboxylic acids is 2. The van der Waals surface area contributed by atoms with E-state index in [0.717, 1.165) is 40.6 Å². The maximum Gasteiger partial charge on any atom is 0.251 e. The Kier molecular flexibility index (Phi) is 8.21. The maximum atomic E-state index is 12.3. The molecule has 3 rings (SSSR count). The van der Waals surface area contributed by atoms with Gasteiger partial charge in [-0.1, -0.05) is 48.2 Å². The van der Waals surface area contributed by atoms with Gasteiger partial charge in [-0.25, -0.2) is 4.98 Å². The van der Waals surface area contributed by atoms with Crippen molar-refractivity contribution < 1.29 is 9.59 Å². The van der Waals surface area contributed by atoms with Crippen LogP contribution < -0.4 is 16.2 Å². The van der Waals surface area contributed by atoms with Crippen molar-refractivity contribution in [2.45, 2.75) is 31.8 Å². The number of benzene rings is 2. The van der Waals surface area contributed by atoms with Crippen molar-refractivity contribution in [2.75, 3.05) is 17.6 Å². The molecule has 3 aromatic rings. The van der Waals surface area contributed by atoms with Crippen LogP contribution in [0, 0.1) is 13.8 Å². The van der Waals surface area contributed by atoms with Crippen LogP contribution in [0.15, 0.2) is 64.5 Å². The summed E-state index contributed by atoms with van der Waals surface area (Å²) in [6.45, 7) is 4.44. The Bertz CT molecular complexity index is 1130. The number of thioether (sulfide) groups is 1. The average molecular weight is 451 g/mol. The molecule has 8 heteroatoms. The van der Waals surface area contributed by atoms with Crippen molar-refractivity contribution in [3.8, 4) is 0 Å². The molecule has 0 spiro atoms. The smallest absolute Gasteiger partial charge is 0.251 e. The largest absolute Gasteiger partial charge is 0.355 e. The zero-order valence-corrected chi connectivity index (χ0v) is 18.9. The summed E-state index contributed by atoms with van der Waals surface area (Å²) in [6.07, 6.45) is 0.729. The third kappa shape index (κ3) is 7.70. The number of aryl methyl sites for hydroxylation is 2. The van der Waals surface area contributed by atoms with Gasteiger partial charge in [0.2, 0.25) is 11.8 Å². The number of aromatic nitrogens is 2. The summed E-state index contributed by atoms with van der Waals surface area (Å²) < 4.78 is 0. The van der Waals surface area contributed by atoms with Crippen molar-refractivity contribution in [2.24, 2.45) is 0 Å². The first kappa shape index (κ1) is 23.3. The Labute approximate surface area is 191 Å². The van der Waals surface area contributed by atoms with Gasteiger partial charge in [0.15, 0.2) is 5.16 Å². The summed E-state index contributed by atoms with van der Waals surface area (Å²) in [5.74, 6) is -0.322. The van der Waals surface area contributed by atoms with Gasteiger partial charge in [-0.3, -0.25) is 14.4 Å². The molecule has 0 bridgehead atoms. The molecule has 0 radical (unpaired) electrons. The number of amides is 2. The Morgan fingerprint density at radius 1 is 1.00 bits per heavy atom. The Morgan fingerprint density at radius 2 is 1.72 bits per heavy atom. The monoisotopic (exact) mass is 450 g/mol. The molecule has 0 aliphatic heterocycles. The van der Waals surface area contributed by atoms with Crippen LogP contribution in [0.5, 0.6) is 0 Å². The van der Waals surface area contributed by atoms with Crippen LogP contribution in [0.2, 0.25) is 0 Å². The molecular weight excluding hydrogens is 424 g/mol. The van der Waals surface area contributed by atoms with Gasteiger partial charge in [-0.2, -0.15) is 0 Å². The zero-order valence-electron chi connectivity index (χ0n) is 18.1. The van der Waals surface area contributed by atoms with E-state index in [1.165, 1.54) is 6.07 Å². The molecule has 0 fully saturated rings. The van der Waals surface area contributed by atoms with Crippen molar-refractivity contribution in [3.63, 3.8) is 0 Å². The molecule has 0 aliphatic rings. The normalized spacial score (nSPS) is 10.6. The first-order valence-corrected chi connectivity index (χ1v) is 11.3. The number of nitrogens with zero attached hydrogens (tertiary/aromatic N) is 1. The third-order valence-corrected chi connectivity index (χ3v) is 5.41. The quantitative estimate of drug-likeness (QED) is 0.343. The van der Waals surface area contributed by atoms with Gasteiger partial charge >= 0.3 is 0 Å². The maximum absolute atomic E-state index is 12.3. The van der Waals surface area contributed by atoms with Crippen LogP contribution in [0.3, 0.4) is 0 Å². The van der Waals surface area contributed by atoms with E-state index in [9.17, 15) is 14.4 Å². The van der Waals surface area contributed by atoms with Crippen molar-refractivity contribution in [3.05, 3.63) is 87.3 Å². The van der Waals surface area contributed by atoms with Crippen molar-refractivity contribution in [1.29, 1.82) is 0 Å². The summed E-state index contributed by atoms with van der Waals surface area (Å²) in [4.78, 5) is 43.4. The van der Waals surface area contributed by atoms with Crippen LogP contribution in [0.4, 0.5) is 5.69 Å². The number of aromatic amines is 1. The lowest BCUT2D eigenvalue weighted by molar-refractivity contribution is -0.120. The minimum atomic E-state index is -0.357. The van der Waals surface area contributed by atoms with Crippen molar-refractivity contribution >= 4 is 29.3 Å². The molecule has 3 N–H and O–H groups in total. The summed E-state index contributed by atoms with van der Waals surface area (Å²) in [5.41, 5.74) is 4.00. The lowest BCUT2D eigenvalue weighted by Crippen LogP contribution is -2.28. The fourth-order valence-corrected chi connectivity index (χ4v) is 3.93. The zero-order chi connectivity index (χ0) is 22.9. The molecule has 0 atom stereocenters. The molecule has 0 aliphatic carbocycles. The fourth-order valence-electron chi connectivity index (χ4n) is 3.24. The number of hydrogen-bond donors (Lipinski definition) is 3. The fraction of sp³-hybridized carbons (Fsp3) is 0.250. The highest BCUT2D eigenvalue weighted by Gasteiger charge is 2.10. The van der Waals surface area contributed by atoms with Crippen LogP contribution in [-0.4, -0.2) is 34.1 Å². The molecule has 32 heavy (non-hydrogen) atoms. The van der Waals surface area contributed by atoms with E-state index in [4.69, 9.17) is 0 Å². The first-order chi connectivity index (χ1) is 15.4. The van der Waals surface area contributed by atoms with E-state index in [2.05, 4.69) is 20.6 Å². The van der Waals surface area contributed by atoms with Gasteiger partial charge < -0.3 is 15.6 Å². The molecule has 1 aromatic heterocycles. The van der Waals surface area contributed by atoms with E-state index in [0.29, 0.717) is 17.4 Å². The van der Waals surface area contributed by atoms with E-state index in [1.807, 2.05) is 62.4 Å². The molecule has 0 saturated heterocycles. The minimum Gasteiger partial charge on any atom is -0.355 e. The highest BCUT2D eigenvalue weighted by atomic mass is 32.2. The minimum absolute atomic E-state index is 0.00103. The second kappa shape index (κ2) is 11.3. The predicted molar refractivity (Wildman–Crippen MR) is 127 cm³/mol. The molecule has 0 saturated carbocycles. The van der Waals surface area contributed by atoms with Gasteiger partial charge in [0.25, 0.3) is 5.56 Å². The lowest BCUT2D eigenvalue weighted by Gasteiger charge is -2.08. The summed E-state index contributed by atoms with van der Waals surface area (Å²) in [5, 5.41) is 6.00. The lowest BCUT2D eigenvalue weighted by atomic mass is 10.1. The number of carbonyl (C=O) groups is 2. The number of hydrogen-bond acceptors (Lipinski definition) is 5. The highest BCUT2D eigenvalue weighted by molar-refractivity contribution is 7.99. The Hall–Kier alpha value is -3.39. The van der Waals surface area contributed by atoms with Gasteiger partial charge in [0, 0.05) is 18.3 Å². The van der Waals surface area contributed by atoms with Gasteiger partial charge in [0.1, 0.15) is 0 Å². The Balaban J connectivity index is 1.50. The second-order valence-electron chi connectivity index (χ2n) is 7.52. The van der Waals surface area contributed by atoms with Crippen LogP contribution in [0.1, 0.15) is 22.4 Å². The second-order valence-corrected chi connectivity index (χ2v) is 8.48. The van der Waals surface area contributed by atoms with Crippen LogP contribution in [0.25, 0.3) is 0 Å². The third-order valence-electron chi connectivity index (χ3n) is 4.54. The first-order valence-electron chi connectivity index (χ1n) is 10.3. The summed E-state index contributed by atoms with van der Waals surface area (Å²) in [6, 6.07) is 17.0. The number of rotatable bonds is 9. The van der Waals surface area contributed by atoms with Gasteiger partial charge in [0.05, 0.1) is 17.9 Å². The number of H-pyrrole nitrogens is 1. The Morgan fingerprint density at radius 3 is 2.44 bits per heavy atom. The standard InChI is InChI=1S/C24H26N4O3S/c1-16-10-17(2)12-19(11-16)26-23(31)15-32-24-27-20(14-22(30)28-24)13-21(29)25-9-8-18-6-4-3-5-7-18/h3-7,10-12,14H,8-9,13,15H2,1-2H3,(H,25,29)(H,26,31)(H,27,28,30). The van der Waals surface area contributed by atoms with Crippen LogP contribution >= 0.6 is 11.8 Å². The molecular formula is C24H26N4O3S. The predicted octanol–water partition coefficient (Wildman–Crippen LogP) is 3.02. The molecule has 7 nitrogen and oxygen atoms in total. The number of nitrogens with one attached hydrogen (secondary N) is 3. The highest BCUT2D eigenvalue weighted by Crippen LogP contribution is 2.16. The number of anilines is 1. The molecule has 1 heterocycles. The molecule has 2 amide bonds. The molecule has 2 aromatic carbocycles. The van der Waals surface area contributed by atoms with Gasteiger partial charge in [-0.05, 0) is 49.1 Å². The summed E-state index contributed by atoms with van der Waals surface area (Å²) in [7, 11) is 0. The average Bonchev–Trinajstić information content (AvgIpc) is 2.72. The molecule has 166 valence electrons. The summed E-state index contributed by atoms with van der Waals surface area (Å²) >= 11 is 1.12. The van der Waals surface area contributed by atoms with Crippen molar-refractivity contribution in [1.82, 2.24) is 15.3 Å². The van der Waals surface area contributed by atoms with E-state index in [1.54, 1.807) is 0 Å². The van der Waals surface area contributed by atoms with Crippen LogP contribution in [-0.2, 0) is 22.4 Å². The van der Waals surface area contributed by atoms with Gasteiger partial charge in [-0.15, -0.1) is 0 Å². The van der Waals surface area contributed by atoms with E-state index >= 15 is 0 Å². The molecule has 0 unspecified atom stereocenters. The SMILES string of the molecule is Cc1cc(C)cc(NC(=O)CSc2nc(CC(=O)NCCc3ccccc3)cc(=O)[nH]2)c1. The topological polar surface area (TPSA) is 104 Å².